The van der Waals surface area contributed by atoms with Gasteiger partial charge in [-0.25, -0.2) is 14.6 Å². The summed E-state index contributed by atoms with van der Waals surface area (Å²) in [5, 5.41) is 2.63. The van der Waals surface area contributed by atoms with E-state index in [0.717, 1.165) is 0 Å². The fraction of sp³-hybridized carbons (Fsp3) is 0.579. The molecule has 10 nitrogen and oxygen atoms in total. The van der Waals surface area contributed by atoms with Gasteiger partial charge in [0.25, 0.3) is 5.91 Å². The first-order valence-corrected chi connectivity index (χ1v) is 9.56. The van der Waals surface area contributed by atoms with Gasteiger partial charge >= 0.3 is 12.2 Å². The summed E-state index contributed by atoms with van der Waals surface area (Å²) in [4.78, 5) is 43.7. The van der Waals surface area contributed by atoms with Gasteiger partial charge in [0.1, 0.15) is 17.0 Å². The SMILES string of the molecule is CC(C)(C)OC(=O)N1CCC2(CC1)CN(c1ccc3c(n1)NC(=O)CO3)C(=O)O2. The van der Waals surface area contributed by atoms with Crippen molar-refractivity contribution in [2.75, 3.05) is 36.5 Å². The maximum absolute atomic E-state index is 12.5. The highest BCUT2D eigenvalue weighted by Gasteiger charge is 2.49. The molecule has 0 unspecified atom stereocenters. The number of hydrogen-bond acceptors (Lipinski definition) is 7. The predicted octanol–water partition coefficient (Wildman–Crippen LogP) is 2.14. The lowest BCUT2D eigenvalue weighted by Crippen LogP contribution is -2.49. The molecule has 1 spiro atoms. The average molecular weight is 404 g/mol. The minimum absolute atomic E-state index is 0.0585. The monoisotopic (exact) mass is 404 g/mol. The summed E-state index contributed by atoms with van der Waals surface area (Å²) in [7, 11) is 0. The Labute approximate surface area is 168 Å². The average Bonchev–Trinajstić information content (AvgIpc) is 2.96. The molecule has 2 fully saturated rings. The summed E-state index contributed by atoms with van der Waals surface area (Å²) in [5.74, 6) is 0.830. The number of carbonyl (C=O) groups excluding carboxylic acids is 3. The molecule has 29 heavy (non-hydrogen) atoms. The van der Waals surface area contributed by atoms with Crippen molar-refractivity contribution >= 4 is 29.7 Å². The zero-order valence-electron chi connectivity index (χ0n) is 16.7. The molecule has 3 aliphatic rings. The number of fused-ring (bicyclic) bond motifs is 1. The van der Waals surface area contributed by atoms with Gasteiger partial charge in [-0.05, 0) is 32.9 Å². The Hall–Kier alpha value is -3.04. The van der Waals surface area contributed by atoms with Crippen molar-refractivity contribution in [1.29, 1.82) is 0 Å². The standard InChI is InChI=1S/C19H24N4O6/c1-18(2,3)28-16(25)22-8-6-19(7-9-22)11-23(17(26)29-19)13-5-4-12-15(20-13)21-14(24)10-27-12/h4-5H,6-11H2,1-3H3,(H,20,21,24). The van der Waals surface area contributed by atoms with E-state index in [1.54, 1.807) is 17.0 Å². The molecule has 0 bridgehead atoms. The number of piperidine rings is 1. The van der Waals surface area contributed by atoms with E-state index in [1.807, 2.05) is 20.8 Å². The summed E-state index contributed by atoms with van der Waals surface area (Å²) in [5.41, 5.74) is -1.23. The number of nitrogens with zero attached hydrogens (tertiary/aromatic N) is 3. The number of pyridine rings is 1. The quantitative estimate of drug-likeness (QED) is 0.763. The van der Waals surface area contributed by atoms with Crippen LogP contribution in [0.25, 0.3) is 0 Å². The molecule has 1 N–H and O–H groups in total. The third-order valence-corrected chi connectivity index (χ3v) is 5.03. The molecule has 1 aromatic heterocycles. The second-order valence-corrected chi connectivity index (χ2v) is 8.46. The van der Waals surface area contributed by atoms with Gasteiger partial charge in [-0.2, -0.15) is 0 Å². The third kappa shape index (κ3) is 3.92. The Bertz CT molecular complexity index is 857. The van der Waals surface area contributed by atoms with Crippen molar-refractivity contribution in [2.24, 2.45) is 0 Å². The number of aromatic nitrogens is 1. The molecule has 0 saturated carbocycles. The molecule has 4 rings (SSSR count). The third-order valence-electron chi connectivity index (χ3n) is 5.03. The van der Waals surface area contributed by atoms with Gasteiger partial charge in [-0.15, -0.1) is 0 Å². The van der Waals surface area contributed by atoms with Crippen LogP contribution >= 0.6 is 0 Å². The number of rotatable bonds is 1. The molecular formula is C19H24N4O6. The summed E-state index contributed by atoms with van der Waals surface area (Å²) >= 11 is 0. The van der Waals surface area contributed by atoms with Crippen molar-refractivity contribution in [1.82, 2.24) is 9.88 Å². The molecule has 156 valence electrons. The van der Waals surface area contributed by atoms with Crippen molar-refractivity contribution < 1.29 is 28.6 Å². The second-order valence-electron chi connectivity index (χ2n) is 8.46. The van der Waals surface area contributed by atoms with Crippen LogP contribution in [0.1, 0.15) is 33.6 Å². The van der Waals surface area contributed by atoms with E-state index in [9.17, 15) is 14.4 Å². The second kappa shape index (κ2) is 6.78. The minimum Gasteiger partial charge on any atom is -0.480 e. The first-order chi connectivity index (χ1) is 13.6. The van der Waals surface area contributed by atoms with Crippen LogP contribution in [0, 0.1) is 0 Å². The number of hydrogen-bond donors (Lipinski definition) is 1. The van der Waals surface area contributed by atoms with Crippen molar-refractivity contribution in [3.63, 3.8) is 0 Å². The molecule has 3 aliphatic heterocycles. The smallest absolute Gasteiger partial charge is 0.416 e. The number of ether oxygens (including phenoxy) is 3. The fourth-order valence-corrected chi connectivity index (χ4v) is 3.59. The molecule has 0 aromatic carbocycles. The summed E-state index contributed by atoms with van der Waals surface area (Å²) < 4.78 is 16.4. The lowest BCUT2D eigenvalue weighted by Gasteiger charge is -2.37. The van der Waals surface area contributed by atoms with E-state index in [1.165, 1.54) is 4.90 Å². The Morgan fingerprint density at radius 3 is 2.66 bits per heavy atom. The largest absolute Gasteiger partial charge is 0.480 e. The molecule has 0 atom stereocenters. The van der Waals surface area contributed by atoms with Crippen LogP contribution in [0.5, 0.6) is 5.75 Å². The normalized spacial score (nSPS) is 20.7. The summed E-state index contributed by atoms with van der Waals surface area (Å²) in [6, 6.07) is 3.33. The number of nitrogens with one attached hydrogen (secondary N) is 1. The number of anilines is 2. The fourth-order valence-electron chi connectivity index (χ4n) is 3.59. The van der Waals surface area contributed by atoms with E-state index in [-0.39, 0.29) is 24.4 Å². The minimum atomic E-state index is -0.674. The molecule has 1 aromatic rings. The van der Waals surface area contributed by atoms with E-state index < -0.39 is 17.3 Å². The summed E-state index contributed by atoms with van der Waals surface area (Å²) in [6.45, 7) is 6.63. The van der Waals surface area contributed by atoms with Crippen LogP contribution in [0.3, 0.4) is 0 Å². The number of amides is 3. The molecule has 0 radical (unpaired) electrons. The molecule has 4 heterocycles. The van der Waals surface area contributed by atoms with Crippen LogP contribution in [0.4, 0.5) is 21.2 Å². The van der Waals surface area contributed by atoms with Gasteiger partial charge in [0.2, 0.25) is 0 Å². The molecule has 2 saturated heterocycles. The Morgan fingerprint density at radius 1 is 1.24 bits per heavy atom. The zero-order valence-corrected chi connectivity index (χ0v) is 16.7. The first-order valence-electron chi connectivity index (χ1n) is 9.56. The van der Waals surface area contributed by atoms with Crippen LogP contribution < -0.4 is 15.0 Å². The summed E-state index contributed by atoms with van der Waals surface area (Å²) in [6.07, 6.45) is 0.172. The highest BCUT2D eigenvalue weighted by molar-refractivity contribution is 5.95. The van der Waals surface area contributed by atoms with E-state index in [0.29, 0.717) is 44.0 Å². The highest BCUT2D eigenvalue weighted by Crippen LogP contribution is 2.37. The van der Waals surface area contributed by atoms with E-state index in [2.05, 4.69) is 10.3 Å². The van der Waals surface area contributed by atoms with Crippen LogP contribution in [-0.4, -0.2) is 65.4 Å². The lowest BCUT2D eigenvalue weighted by molar-refractivity contribution is -0.118. The highest BCUT2D eigenvalue weighted by atomic mass is 16.6. The van der Waals surface area contributed by atoms with Crippen LogP contribution in [0.15, 0.2) is 12.1 Å². The maximum atomic E-state index is 12.5. The van der Waals surface area contributed by atoms with Crippen LogP contribution in [0.2, 0.25) is 0 Å². The first kappa shape index (κ1) is 19.3. The van der Waals surface area contributed by atoms with Crippen molar-refractivity contribution in [3.8, 4) is 5.75 Å². The predicted molar refractivity (Wildman–Crippen MR) is 102 cm³/mol. The molecule has 0 aliphatic carbocycles. The van der Waals surface area contributed by atoms with Crippen molar-refractivity contribution in [2.45, 2.75) is 44.8 Å². The van der Waals surface area contributed by atoms with Crippen LogP contribution in [-0.2, 0) is 14.3 Å². The van der Waals surface area contributed by atoms with Gasteiger partial charge < -0.3 is 24.4 Å². The van der Waals surface area contributed by atoms with Gasteiger partial charge in [0, 0.05) is 25.9 Å². The van der Waals surface area contributed by atoms with Gasteiger partial charge in [0.05, 0.1) is 6.54 Å². The van der Waals surface area contributed by atoms with Gasteiger partial charge in [-0.1, -0.05) is 0 Å². The lowest BCUT2D eigenvalue weighted by atomic mass is 9.91. The number of likely N-dealkylation sites (tertiary alicyclic amines) is 1. The van der Waals surface area contributed by atoms with Crippen molar-refractivity contribution in [3.05, 3.63) is 12.1 Å². The zero-order chi connectivity index (χ0) is 20.8. The molecule has 3 amide bonds. The Kier molecular flexibility index (Phi) is 4.51. The van der Waals surface area contributed by atoms with E-state index in [4.69, 9.17) is 14.2 Å². The molecule has 10 heteroatoms. The maximum Gasteiger partial charge on any atom is 0.416 e. The molecular weight excluding hydrogens is 380 g/mol. The van der Waals surface area contributed by atoms with Gasteiger partial charge in [-0.3, -0.25) is 9.69 Å². The Balaban J connectivity index is 1.43. The Morgan fingerprint density at radius 2 is 1.97 bits per heavy atom. The topological polar surface area (TPSA) is 110 Å². The number of carbonyl (C=O) groups is 3. The van der Waals surface area contributed by atoms with E-state index >= 15 is 0 Å². The van der Waals surface area contributed by atoms with Gasteiger partial charge in [0.15, 0.2) is 18.2 Å².